The van der Waals surface area contributed by atoms with E-state index in [1.165, 1.54) is 16.4 Å². The van der Waals surface area contributed by atoms with Gasteiger partial charge in [0.2, 0.25) is 0 Å². The summed E-state index contributed by atoms with van der Waals surface area (Å²) in [6, 6.07) is 4.07. The number of hydrogen-bond donors (Lipinski definition) is 2. The van der Waals surface area contributed by atoms with Crippen molar-refractivity contribution in [3.05, 3.63) is 24.3 Å². The van der Waals surface area contributed by atoms with Crippen LogP contribution in [0.25, 0.3) is 0 Å². The summed E-state index contributed by atoms with van der Waals surface area (Å²) in [5, 5.41) is 7.30. The van der Waals surface area contributed by atoms with Crippen LogP contribution in [0.15, 0.2) is 39.4 Å². The van der Waals surface area contributed by atoms with E-state index in [2.05, 4.69) is 22.0 Å². The number of nitrogens with one attached hydrogen (secondary N) is 1. The summed E-state index contributed by atoms with van der Waals surface area (Å²) in [5.41, 5.74) is 0.837. The van der Waals surface area contributed by atoms with Gasteiger partial charge in [-0.2, -0.15) is 17.5 Å². The van der Waals surface area contributed by atoms with Crippen LogP contribution < -0.4 is 10.6 Å². The first-order valence-corrected chi connectivity index (χ1v) is 12.4. The molecule has 3 N–H and O–H groups in total. The van der Waals surface area contributed by atoms with Crippen molar-refractivity contribution >= 4 is 36.3 Å². The highest BCUT2D eigenvalue weighted by Gasteiger charge is 2.43. The number of sulfonamides is 1. The van der Waals surface area contributed by atoms with Gasteiger partial charge in [0.1, 0.15) is 11.9 Å². The molecule has 9 nitrogen and oxygen atoms in total. The van der Waals surface area contributed by atoms with Gasteiger partial charge in [0, 0.05) is 38.2 Å². The van der Waals surface area contributed by atoms with Gasteiger partial charge in [-0.3, -0.25) is 0 Å². The van der Waals surface area contributed by atoms with Gasteiger partial charge in [-0.25, -0.2) is 17.4 Å². The highest BCUT2D eigenvalue weighted by atomic mass is 32.2. The Balaban J connectivity index is 1.84. The molecule has 14 heteroatoms. The average molecular weight is 491 g/mol. The maximum atomic E-state index is 12.9. The summed E-state index contributed by atoms with van der Waals surface area (Å²) in [6.07, 6.45) is 0.439. The van der Waals surface area contributed by atoms with E-state index in [0.717, 1.165) is 12.1 Å². The van der Waals surface area contributed by atoms with Crippen LogP contribution in [0.1, 0.15) is 19.8 Å². The second-order valence-electron chi connectivity index (χ2n) is 7.05. The number of alkyl halides is 3. The molecule has 0 bridgehead atoms. The lowest BCUT2D eigenvalue weighted by Crippen LogP contribution is -2.55. The molecular weight excluding hydrogens is 469 g/mol. The number of rotatable bonds is 3. The lowest BCUT2D eigenvalue weighted by atomic mass is 10.1. The normalized spacial score (nSPS) is 22.2. The largest absolute Gasteiger partial charge is 0.483 e. The molecule has 2 aliphatic heterocycles. The minimum absolute atomic E-state index is 0.0148. The molecule has 32 heavy (non-hydrogen) atoms. The van der Waals surface area contributed by atoms with Crippen molar-refractivity contribution < 1.29 is 25.8 Å². The second kappa shape index (κ2) is 8.72. The Morgan fingerprint density at radius 3 is 2.31 bits per heavy atom. The fraction of sp³-hybridized carbons (Fsp3) is 0.444. The van der Waals surface area contributed by atoms with Crippen molar-refractivity contribution in [1.29, 1.82) is 4.78 Å². The third kappa shape index (κ3) is 4.59. The number of amidine groups is 1. The van der Waals surface area contributed by atoms with Crippen molar-refractivity contribution in [2.75, 3.05) is 24.5 Å². The van der Waals surface area contributed by atoms with Gasteiger partial charge in [0.15, 0.2) is 14.8 Å². The van der Waals surface area contributed by atoms with Gasteiger partial charge in [0.05, 0.1) is 4.90 Å². The van der Waals surface area contributed by atoms with Crippen molar-refractivity contribution in [3.63, 3.8) is 0 Å². The number of nitrogens with zero attached hydrogens (tertiary/aromatic N) is 4. The summed E-state index contributed by atoms with van der Waals surface area (Å²) < 4.78 is 84.8. The molecule has 2 atom stereocenters. The Kier molecular flexibility index (Phi) is 6.55. The lowest BCUT2D eigenvalue weighted by molar-refractivity contribution is -0.0406. The molecular formula is C18H21F3N6O3S2. The standard InChI is InChI=1S/C18H21F3N6O3S2/c1-2-3-14-12-26(32(29,30)17-9-8-16(22)24-25-17)10-11-27(14)13-4-6-15(7-5-13)31(23,28)18(19,20)21/h4-7,14,23H,8-12H2,1H3,(H2,22,24). The van der Waals surface area contributed by atoms with Gasteiger partial charge in [0.25, 0.3) is 10.0 Å². The van der Waals surface area contributed by atoms with Crippen LogP contribution in [-0.2, 0) is 19.8 Å². The third-order valence-corrected chi connectivity index (χ3v) is 8.48. The zero-order valence-corrected chi connectivity index (χ0v) is 18.6. The molecule has 2 heterocycles. The summed E-state index contributed by atoms with van der Waals surface area (Å²) in [7, 11) is -8.83. The van der Waals surface area contributed by atoms with E-state index in [4.69, 9.17) is 10.5 Å². The Bertz CT molecular complexity index is 1210. The van der Waals surface area contributed by atoms with E-state index in [9.17, 15) is 25.8 Å². The number of nitrogens with two attached hydrogens (primary N) is 1. The monoisotopic (exact) mass is 490 g/mol. The van der Waals surface area contributed by atoms with E-state index < -0.39 is 36.2 Å². The van der Waals surface area contributed by atoms with Gasteiger partial charge in [-0.05, 0) is 31.2 Å². The van der Waals surface area contributed by atoms with Crippen molar-refractivity contribution in [3.8, 4) is 11.8 Å². The van der Waals surface area contributed by atoms with Gasteiger partial charge >= 0.3 is 5.51 Å². The quantitative estimate of drug-likeness (QED) is 0.625. The average Bonchev–Trinajstić information content (AvgIpc) is 2.73. The predicted molar refractivity (Wildman–Crippen MR) is 115 cm³/mol. The SMILES string of the molecule is CC#CC1CN(S(=O)(=O)C2=NN=C(N)CC2)CCN1c1ccc(S(=N)(=O)C(F)(F)F)cc1. The van der Waals surface area contributed by atoms with Crippen LogP contribution in [0.5, 0.6) is 0 Å². The molecule has 1 aromatic carbocycles. The number of piperazine rings is 1. The molecule has 0 aromatic heterocycles. The number of halogens is 3. The number of anilines is 1. The second-order valence-corrected chi connectivity index (χ2v) is 11.0. The summed E-state index contributed by atoms with van der Waals surface area (Å²) in [5.74, 6) is 5.93. The zero-order valence-electron chi connectivity index (χ0n) is 17.0. The van der Waals surface area contributed by atoms with Crippen molar-refractivity contribution in [2.45, 2.75) is 36.2 Å². The molecule has 0 saturated carbocycles. The molecule has 1 aromatic rings. The Morgan fingerprint density at radius 1 is 1.12 bits per heavy atom. The minimum atomic E-state index is -5.18. The van der Waals surface area contributed by atoms with Crippen molar-refractivity contribution in [2.24, 2.45) is 15.9 Å². The fourth-order valence-corrected chi connectivity index (χ4v) is 5.57. The van der Waals surface area contributed by atoms with Crippen LogP contribution >= 0.6 is 0 Å². The van der Waals surface area contributed by atoms with Crippen LogP contribution in [0.3, 0.4) is 0 Å². The molecule has 0 amide bonds. The maximum Gasteiger partial charge on any atom is 0.483 e. The summed E-state index contributed by atoms with van der Waals surface area (Å²) >= 11 is 0. The van der Waals surface area contributed by atoms with Crippen LogP contribution in [0.2, 0.25) is 0 Å². The van der Waals surface area contributed by atoms with Gasteiger partial charge in [-0.15, -0.1) is 16.1 Å². The smallest absolute Gasteiger partial charge is 0.386 e. The molecule has 1 fully saturated rings. The van der Waals surface area contributed by atoms with Crippen LogP contribution in [-0.4, -0.2) is 59.0 Å². The topological polar surface area (TPSA) is 132 Å². The Hall–Kier alpha value is -2.63. The summed E-state index contributed by atoms with van der Waals surface area (Å²) in [4.78, 5) is 1.10. The predicted octanol–water partition coefficient (Wildman–Crippen LogP) is 1.92. The Morgan fingerprint density at radius 2 is 1.78 bits per heavy atom. The van der Waals surface area contributed by atoms with E-state index >= 15 is 0 Å². The molecule has 0 spiro atoms. The van der Waals surface area contributed by atoms with Crippen LogP contribution in [0.4, 0.5) is 18.9 Å². The molecule has 2 aliphatic rings. The highest BCUT2D eigenvalue weighted by Crippen LogP contribution is 2.32. The Labute approximate surface area is 184 Å². The molecule has 0 aliphatic carbocycles. The number of hydrogen-bond acceptors (Lipinski definition) is 8. The minimum Gasteiger partial charge on any atom is -0.386 e. The first-order valence-electron chi connectivity index (χ1n) is 9.41. The first-order chi connectivity index (χ1) is 14.9. The number of benzene rings is 1. The lowest BCUT2D eigenvalue weighted by Gasteiger charge is -2.40. The summed E-state index contributed by atoms with van der Waals surface area (Å²) in [6.45, 7) is 1.92. The van der Waals surface area contributed by atoms with E-state index in [-0.39, 0.29) is 36.9 Å². The van der Waals surface area contributed by atoms with E-state index in [1.54, 1.807) is 11.8 Å². The van der Waals surface area contributed by atoms with E-state index in [1.807, 2.05) is 0 Å². The molecule has 1 saturated heterocycles. The van der Waals surface area contributed by atoms with Gasteiger partial charge in [-0.1, -0.05) is 5.92 Å². The maximum absolute atomic E-state index is 12.9. The molecule has 0 radical (unpaired) electrons. The van der Waals surface area contributed by atoms with Crippen molar-refractivity contribution in [1.82, 2.24) is 4.31 Å². The fourth-order valence-electron chi connectivity index (χ4n) is 3.32. The molecule has 3 rings (SSSR count). The molecule has 174 valence electrons. The molecule has 2 unspecified atom stereocenters. The third-order valence-electron chi connectivity index (χ3n) is 5.00. The zero-order chi connectivity index (χ0) is 23.7. The van der Waals surface area contributed by atoms with Gasteiger partial charge < -0.3 is 10.6 Å². The van der Waals surface area contributed by atoms with Crippen LogP contribution in [0, 0.1) is 16.6 Å². The highest BCUT2D eigenvalue weighted by molar-refractivity contribution is 8.04. The van der Waals surface area contributed by atoms with E-state index in [0.29, 0.717) is 12.1 Å². The first kappa shape index (κ1) is 24.0.